The first-order chi connectivity index (χ1) is 14.8. The van der Waals surface area contributed by atoms with Gasteiger partial charge in [0.05, 0.1) is 6.04 Å². The van der Waals surface area contributed by atoms with Crippen molar-refractivity contribution >= 4 is 12.0 Å². The monoisotopic (exact) mass is 446 g/mol. The third-order valence-electron chi connectivity index (χ3n) is 5.32. The summed E-state index contributed by atoms with van der Waals surface area (Å²) in [6, 6.07) is 7.81. The lowest BCUT2D eigenvalue weighted by Crippen LogP contribution is -2.45. The molecule has 1 rings (SSSR count). The average molecular weight is 447 g/mol. The first-order valence-corrected chi connectivity index (χ1v) is 11.8. The van der Waals surface area contributed by atoms with Crippen LogP contribution in [0.1, 0.15) is 66.4 Å². The van der Waals surface area contributed by atoms with Crippen molar-refractivity contribution in [2.45, 2.75) is 84.8 Å². The fraction of sp³-hybridized carbons (Fsp3) is 0.692. The van der Waals surface area contributed by atoms with Gasteiger partial charge in [0.2, 0.25) is 0 Å². The summed E-state index contributed by atoms with van der Waals surface area (Å²) in [5.41, 5.74) is 6.84. The van der Waals surface area contributed by atoms with Gasteiger partial charge in [0.15, 0.2) is 5.78 Å². The number of nitrogens with zero attached hydrogens (tertiary/aromatic N) is 1. The molecule has 1 aromatic carbocycles. The third kappa shape index (κ3) is 11.7. The van der Waals surface area contributed by atoms with E-state index in [4.69, 9.17) is 15.9 Å². The molecule has 0 amide bonds. The maximum atomic E-state index is 12.1. The molecule has 2 atom stereocenters. The minimum Gasteiger partial charge on any atom is -0.492 e. The highest BCUT2D eigenvalue weighted by molar-refractivity contribution is 5.88. The number of carbonyl (C=O) groups is 1. The molecule has 2 unspecified atom stereocenters. The van der Waals surface area contributed by atoms with E-state index >= 15 is 0 Å². The molecule has 1 aromatic rings. The topological polar surface area (TPSA) is 91.4 Å². The summed E-state index contributed by atoms with van der Waals surface area (Å²) in [6.07, 6.45) is 4.98. The number of unbranched alkanes of at least 4 members (excludes halogenated alkanes) is 1. The molecule has 182 valence electrons. The van der Waals surface area contributed by atoms with Gasteiger partial charge in [-0.3, -0.25) is 4.79 Å². The Morgan fingerprint density at radius 2 is 1.75 bits per heavy atom. The number of likely N-dealkylation sites (N-methyl/N-ethyl adjacent to an activating group) is 1. The van der Waals surface area contributed by atoms with Crippen molar-refractivity contribution in [1.82, 2.24) is 10.2 Å². The first kappa shape index (κ1) is 28.3. The molecule has 0 bridgehead atoms. The van der Waals surface area contributed by atoms with Crippen molar-refractivity contribution in [3.63, 3.8) is 0 Å². The van der Waals surface area contributed by atoms with Gasteiger partial charge in [-0.05, 0) is 71.3 Å². The third-order valence-corrected chi connectivity index (χ3v) is 5.32. The van der Waals surface area contributed by atoms with E-state index in [0.717, 1.165) is 44.5 Å². The van der Waals surface area contributed by atoms with E-state index in [9.17, 15) is 4.79 Å². The molecule has 0 fully saturated rings. The minimum atomic E-state index is -0.364. The number of nitrogens with one attached hydrogen (secondary N) is 2. The molecule has 0 heterocycles. The van der Waals surface area contributed by atoms with Gasteiger partial charge in [0.1, 0.15) is 12.4 Å². The molecule has 0 spiro atoms. The Hall–Kier alpha value is -1.76. The predicted molar refractivity (Wildman–Crippen MR) is 135 cm³/mol. The summed E-state index contributed by atoms with van der Waals surface area (Å²) in [5, 5.41) is 11.1. The lowest BCUT2D eigenvalue weighted by atomic mass is 9.85. The Balaban J connectivity index is 2.28. The number of Topliss-reactive ketones (excluding diaryl/α,β-unsaturated/α-hetero) is 1. The van der Waals surface area contributed by atoms with E-state index < -0.39 is 0 Å². The second kappa shape index (κ2) is 13.1. The van der Waals surface area contributed by atoms with Crippen LogP contribution in [0.4, 0.5) is 0 Å². The number of benzene rings is 1. The molecule has 0 radical (unpaired) electrons. The van der Waals surface area contributed by atoms with E-state index in [1.165, 1.54) is 11.8 Å². The van der Waals surface area contributed by atoms with Crippen molar-refractivity contribution < 1.29 is 9.53 Å². The summed E-state index contributed by atoms with van der Waals surface area (Å²) < 4.78 is 5.89. The maximum absolute atomic E-state index is 12.1. The quantitative estimate of drug-likeness (QED) is 0.296. The molecular formula is C26H46N4O2. The number of ketones is 1. The standard InChI is InChI=1S/C26H46N4O2/c1-25(2,3)24(31)23(28)10-8-9-15-30(7)16-17-32-22-13-11-20(12-14-22)18-21(19-27)29-26(4,5)6/h11-14,19,21,23,27,29H,8-10,15-18,28H2,1-7H3. The fourth-order valence-corrected chi connectivity index (χ4v) is 3.55. The molecule has 0 aliphatic rings. The normalized spacial score (nSPS) is 14.3. The van der Waals surface area contributed by atoms with Crippen LogP contribution in [-0.2, 0) is 11.2 Å². The highest BCUT2D eigenvalue weighted by atomic mass is 16.5. The van der Waals surface area contributed by atoms with Gasteiger partial charge in [0, 0.05) is 29.8 Å². The van der Waals surface area contributed by atoms with Crippen LogP contribution in [0.3, 0.4) is 0 Å². The highest BCUT2D eigenvalue weighted by Gasteiger charge is 2.26. The van der Waals surface area contributed by atoms with Gasteiger partial charge in [-0.2, -0.15) is 0 Å². The molecule has 0 aromatic heterocycles. The van der Waals surface area contributed by atoms with Crippen molar-refractivity contribution in [2.75, 3.05) is 26.7 Å². The van der Waals surface area contributed by atoms with Crippen LogP contribution in [0.5, 0.6) is 5.75 Å². The largest absolute Gasteiger partial charge is 0.492 e. The number of hydrogen-bond acceptors (Lipinski definition) is 6. The minimum absolute atomic E-state index is 0.0207. The first-order valence-electron chi connectivity index (χ1n) is 11.8. The molecule has 0 saturated heterocycles. The lowest BCUT2D eigenvalue weighted by Gasteiger charge is -2.26. The fourth-order valence-electron chi connectivity index (χ4n) is 3.55. The number of nitrogens with two attached hydrogens (primary N) is 1. The van der Waals surface area contributed by atoms with Gasteiger partial charge in [0.25, 0.3) is 0 Å². The summed E-state index contributed by atoms with van der Waals surface area (Å²) in [7, 11) is 2.09. The molecule has 0 aliphatic carbocycles. The highest BCUT2D eigenvalue weighted by Crippen LogP contribution is 2.18. The van der Waals surface area contributed by atoms with Crippen LogP contribution in [0.2, 0.25) is 0 Å². The summed E-state index contributed by atoms with van der Waals surface area (Å²) >= 11 is 0. The van der Waals surface area contributed by atoms with E-state index in [1.807, 2.05) is 32.9 Å². The van der Waals surface area contributed by atoms with Crippen LogP contribution in [-0.4, -0.2) is 61.3 Å². The smallest absolute Gasteiger partial charge is 0.154 e. The Bertz CT molecular complexity index is 689. The maximum Gasteiger partial charge on any atom is 0.154 e. The summed E-state index contributed by atoms with van der Waals surface area (Å²) in [4.78, 5) is 14.4. The second-order valence-electron chi connectivity index (χ2n) is 10.9. The zero-order chi connectivity index (χ0) is 24.4. The predicted octanol–water partition coefficient (Wildman–Crippen LogP) is 4.06. The number of rotatable bonds is 14. The van der Waals surface area contributed by atoms with Crippen LogP contribution in [0, 0.1) is 10.8 Å². The Morgan fingerprint density at radius 1 is 1.12 bits per heavy atom. The Morgan fingerprint density at radius 3 is 2.28 bits per heavy atom. The summed E-state index contributed by atoms with van der Waals surface area (Å²) in [5.74, 6) is 1.01. The molecule has 6 heteroatoms. The van der Waals surface area contributed by atoms with E-state index in [0.29, 0.717) is 6.61 Å². The van der Waals surface area contributed by atoms with Crippen LogP contribution < -0.4 is 15.8 Å². The average Bonchev–Trinajstić information content (AvgIpc) is 2.69. The number of hydrogen-bond donors (Lipinski definition) is 3. The van der Waals surface area contributed by atoms with E-state index in [-0.39, 0.29) is 28.8 Å². The molecule has 0 aliphatic heterocycles. The van der Waals surface area contributed by atoms with Gasteiger partial charge in [-0.25, -0.2) is 0 Å². The Kier molecular flexibility index (Phi) is 11.5. The van der Waals surface area contributed by atoms with Gasteiger partial charge >= 0.3 is 0 Å². The molecule has 6 nitrogen and oxygen atoms in total. The number of carbonyl (C=O) groups excluding carboxylic acids is 1. The van der Waals surface area contributed by atoms with Crippen molar-refractivity contribution in [3.05, 3.63) is 29.8 Å². The van der Waals surface area contributed by atoms with E-state index in [1.54, 1.807) is 0 Å². The zero-order valence-electron chi connectivity index (χ0n) is 21.3. The van der Waals surface area contributed by atoms with Crippen molar-refractivity contribution in [1.29, 1.82) is 5.41 Å². The molecular weight excluding hydrogens is 400 g/mol. The van der Waals surface area contributed by atoms with Gasteiger partial charge in [-0.15, -0.1) is 0 Å². The van der Waals surface area contributed by atoms with E-state index in [2.05, 4.69) is 50.2 Å². The molecule has 0 saturated carbocycles. The van der Waals surface area contributed by atoms with Gasteiger partial charge < -0.3 is 26.1 Å². The molecule has 32 heavy (non-hydrogen) atoms. The van der Waals surface area contributed by atoms with Crippen molar-refractivity contribution in [3.8, 4) is 5.75 Å². The zero-order valence-corrected chi connectivity index (χ0v) is 21.3. The molecule has 4 N–H and O–H groups in total. The lowest BCUT2D eigenvalue weighted by molar-refractivity contribution is -0.127. The summed E-state index contributed by atoms with van der Waals surface area (Å²) in [6.45, 7) is 14.5. The number of ether oxygens (including phenoxy) is 1. The van der Waals surface area contributed by atoms with Crippen LogP contribution in [0.15, 0.2) is 24.3 Å². The van der Waals surface area contributed by atoms with Crippen LogP contribution >= 0.6 is 0 Å². The Labute approximate surface area is 195 Å². The second-order valence-corrected chi connectivity index (χ2v) is 10.9. The van der Waals surface area contributed by atoms with Crippen molar-refractivity contribution in [2.24, 2.45) is 11.1 Å². The SMILES string of the molecule is CN(CCCCC(N)C(=O)C(C)(C)C)CCOc1ccc(CC(C=N)NC(C)(C)C)cc1. The van der Waals surface area contributed by atoms with Gasteiger partial charge in [-0.1, -0.05) is 39.3 Å². The van der Waals surface area contributed by atoms with Crippen LogP contribution in [0.25, 0.3) is 0 Å².